The average Bonchev–Trinajstić information content (AvgIpc) is 2.73. The fourth-order valence-electron chi connectivity index (χ4n) is 2.12. The Morgan fingerprint density at radius 1 is 1.31 bits per heavy atom. The maximum Gasteiger partial charge on any atom is 0.161 e. The van der Waals surface area contributed by atoms with Gasteiger partial charge in [-0.1, -0.05) is 0 Å². The van der Waals surface area contributed by atoms with E-state index in [0.717, 1.165) is 37.5 Å². The van der Waals surface area contributed by atoms with E-state index in [9.17, 15) is 0 Å². The van der Waals surface area contributed by atoms with E-state index < -0.39 is 0 Å². The summed E-state index contributed by atoms with van der Waals surface area (Å²) in [5, 5.41) is 8.54. The maximum atomic E-state index is 5.37. The first-order valence-corrected chi connectivity index (χ1v) is 6.50. The molecule has 0 spiro atoms. The van der Waals surface area contributed by atoms with E-state index in [-0.39, 0.29) is 0 Å². The molecule has 4 nitrogen and oxygen atoms in total. The van der Waals surface area contributed by atoms with Gasteiger partial charge in [0.2, 0.25) is 0 Å². The summed E-state index contributed by atoms with van der Waals surface area (Å²) in [4.78, 5) is 0. The third kappa shape index (κ3) is 1.82. The summed E-state index contributed by atoms with van der Waals surface area (Å²) in [6.07, 6.45) is 4.15. The van der Waals surface area contributed by atoms with Crippen molar-refractivity contribution in [3.63, 3.8) is 0 Å². The number of ether oxygens (including phenoxy) is 1. The summed E-state index contributed by atoms with van der Waals surface area (Å²) in [7, 11) is 0. The summed E-state index contributed by atoms with van der Waals surface area (Å²) < 4.78 is 8.66. The highest BCUT2D eigenvalue weighted by atomic mass is 127. The van der Waals surface area contributed by atoms with Crippen molar-refractivity contribution in [3.05, 3.63) is 27.7 Å². The van der Waals surface area contributed by atoms with E-state index in [1.807, 2.05) is 0 Å². The molecule has 0 amide bonds. The quantitative estimate of drug-likeness (QED) is 0.753. The number of aromatic nitrogens is 3. The molecule has 0 saturated carbocycles. The van der Waals surface area contributed by atoms with E-state index in [1.54, 1.807) is 0 Å². The van der Waals surface area contributed by atoms with Crippen LogP contribution in [0.2, 0.25) is 0 Å². The van der Waals surface area contributed by atoms with Crippen LogP contribution in [0.25, 0.3) is 5.65 Å². The fourth-order valence-corrected chi connectivity index (χ4v) is 2.56. The number of nitrogens with zero attached hydrogens (tertiary/aromatic N) is 3. The van der Waals surface area contributed by atoms with Crippen molar-refractivity contribution in [2.75, 3.05) is 13.2 Å². The van der Waals surface area contributed by atoms with Crippen LogP contribution in [-0.4, -0.2) is 27.8 Å². The molecule has 1 saturated heterocycles. The van der Waals surface area contributed by atoms with E-state index in [2.05, 4.69) is 55.5 Å². The van der Waals surface area contributed by atoms with E-state index >= 15 is 0 Å². The molecule has 0 bridgehead atoms. The number of hydrogen-bond acceptors (Lipinski definition) is 3. The lowest BCUT2D eigenvalue weighted by molar-refractivity contribution is 0.0834. The van der Waals surface area contributed by atoms with Gasteiger partial charge in [0, 0.05) is 28.9 Å². The zero-order valence-electron chi connectivity index (χ0n) is 8.77. The first kappa shape index (κ1) is 10.5. The van der Waals surface area contributed by atoms with Crippen LogP contribution in [0.3, 0.4) is 0 Å². The normalized spacial score (nSPS) is 18.1. The topological polar surface area (TPSA) is 39.4 Å². The zero-order valence-corrected chi connectivity index (χ0v) is 10.9. The Balaban J connectivity index is 2.03. The van der Waals surface area contributed by atoms with Crippen LogP contribution in [0.4, 0.5) is 0 Å². The van der Waals surface area contributed by atoms with E-state index in [0.29, 0.717) is 5.92 Å². The Hall–Kier alpha value is -0.690. The molecule has 0 N–H and O–H groups in total. The molecule has 5 heteroatoms. The SMILES string of the molecule is Ic1ccn2c(C3CCOCC3)nnc2c1. The third-order valence-electron chi connectivity index (χ3n) is 2.98. The van der Waals surface area contributed by atoms with Gasteiger partial charge in [-0.15, -0.1) is 10.2 Å². The minimum absolute atomic E-state index is 0.490. The molecule has 0 aliphatic carbocycles. The van der Waals surface area contributed by atoms with Gasteiger partial charge in [-0.2, -0.15) is 0 Å². The third-order valence-corrected chi connectivity index (χ3v) is 3.66. The lowest BCUT2D eigenvalue weighted by Gasteiger charge is -2.20. The van der Waals surface area contributed by atoms with Crippen molar-refractivity contribution in [1.82, 2.24) is 14.6 Å². The average molecular weight is 329 g/mol. The van der Waals surface area contributed by atoms with Crippen molar-refractivity contribution in [2.45, 2.75) is 18.8 Å². The summed E-state index contributed by atoms with van der Waals surface area (Å²) in [6, 6.07) is 4.14. The van der Waals surface area contributed by atoms with Crippen LogP contribution in [0, 0.1) is 3.57 Å². The largest absolute Gasteiger partial charge is 0.381 e. The van der Waals surface area contributed by atoms with E-state index in [1.165, 1.54) is 3.57 Å². The second kappa shape index (κ2) is 4.29. The predicted octanol–water partition coefficient (Wildman–Crippen LogP) is 2.23. The van der Waals surface area contributed by atoms with Gasteiger partial charge in [0.05, 0.1) is 0 Å². The second-order valence-electron chi connectivity index (χ2n) is 4.02. The minimum atomic E-state index is 0.490. The lowest BCUT2D eigenvalue weighted by Crippen LogP contribution is -2.16. The Bertz CT molecular complexity index is 505. The second-order valence-corrected chi connectivity index (χ2v) is 5.26. The number of halogens is 1. The van der Waals surface area contributed by atoms with Crippen molar-refractivity contribution in [1.29, 1.82) is 0 Å². The molecule has 84 valence electrons. The van der Waals surface area contributed by atoms with Gasteiger partial charge in [-0.25, -0.2) is 0 Å². The highest BCUT2D eigenvalue weighted by Crippen LogP contribution is 2.25. The summed E-state index contributed by atoms with van der Waals surface area (Å²) >= 11 is 2.29. The van der Waals surface area contributed by atoms with Crippen LogP contribution in [0.5, 0.6) is 0 Å². The van der Waals surface area contributed by atoms with Gasteiger partial charge in [0.15, 0.2) is 5.65 Å². The number of fused-ring (bicyclic) bond motifs is 1. The molecule has 0 aromatic carbocycles. The molecule has 2 aromatic rings. The molecule has 1 aliphatic rings. The minimum Gasteiger partial charge on any atom is -0.381 e. The van der Waals surface area contributed by atoms with Crippen LogP contribution >= 0.6 is 22.6 Å². The molecule has 2 aromatic heterocycles. The molecule has 0 radical (unpaired) electrons. The Kier molecular flexibility index (Phi) is 2.81. The van der Waals surface area contributed by atoms with E-state index in [4.69, 9.17) is 4.74 Å². The fraction of sp³-hybridized carbons (Fsp3) is 0.455. The Morgan fingerprint density at radius 2 is 2.12 bits per heavy atom. The van der Waals surface area contributed by atoms with Gasteiger partial charge in [0.25, 0.3) is 0 Å². The van der Waals surface area contributed by atoms with Crippen LogP contribution in [0.15, 0.2) is 18.3 Å². The number of pyridine rings is 1. The molecule has 3 rings (SSSR count). The van der Waals surface area contributed by atoms with Gasteiger partial charge >= 0.3 is 0 Å². The van der Waals surface area contributed by atoms with Crippen LogP contribution in [0.1, 0.15) is 24.6 Å². The summed E-state index contributed by atoms with van der Waals surface area (Å²) in [6.45, 7) is 1.67. The number of rotatable bonds is 1. The smallest absolute Gasteiger partial charge is 0.161 e. The highest BCUT2D eigenvalue weighted by molar-refractivity contribution is 14.1. The Labute approximate surface area is 107 Å². The monoisotopic (exact) mass is 329 g/mol. The maximum absolute atomic E-state index is 5.37. The summed E-state index contributed by atoms with van der Waals surface area (Å²) in [5.41, 5.74) is 0.938. The van der Waals surface area contributed by atoms with Crippen molar-refractivity contribution in [2.24, 2.45) is 0 Å². The molecule has 3 heterocycles. The van der Waals surface area contributed by atoms with Gasteiger partial charge < -0.3 is 4.74 Å². The van der Waals surface area contributed by atoms with Gasteiger partial charge in [-0.3, -0.25) is 4.40 Å². The first-order valence-electron chi connectivity index (χ1n) is 5.42. The van der Waals surface area contributed by atoms with Crippen molar-refractivity contribution in [3.8, 4) is 0 Å². The predicted molar refractivity (Wildman–Crippen MR) is 68.5 cm³/mol. The molecule has 0 atom stereocenters. The summed E-state index contributed by atoms with van der Waals surface area (Å²) in [5.74, 6) is 1.57. The van der Waals surface area contributed by atoms with Gasteiger partial charge in [0.1, 0.15) is 5.82 Å². The van der Waals surface area contributed by atoms with Gasteiger partial charge in [-0.05, 0) is 47.6 Å². The molecular formula is C11H12IN3O. The Morgan fingerprint density at radius 3 is 2.94 bits per heavy atom. The van der Waals surface area contributed by atoms with Crippen molar-refractivity contribution < 1.29 is 4.74 Å². The standard InChI is InChI=1S/C11H12IN3O/c12-9-1-4-15-10(7-9)13-14-11(15)8-2-5-16-6-3-8/h1,4,7-8H,2-3,5-6H2. The lowest BCUT2D eigenvalue weighted by atomic mass is 10.00. The van der Waals surface area contributed by atoms with Crippen LogP contribution in [-0.2, 0) is 4.74 Å². The molecule has 1 aliphatic heterocycles. The molecule has 16 heavy (non-hydrogen) atoms. The zero-order chi connectivity index (χ0) is 11.0. The number of hydrogen-bond donors (Lipinski definition) is 0. The van der Waals surface area contributed by atoms with Crippen LogP contribution < -0.4 is 0 Å². The molecule has 0 unspecified atom stereocenters. The van der Waals surface area contributed by atoms with Crippen molar-refractivity contribution >= 4 is 28.2 Å². The molecule has 1 fully saturated rings. The highest BCUT2D eigenvalue weighted by Gasteiger charge is 2.20. The molecular weight excluding hydrogens is 317 g/mol. The first-order chi connectivity index (χ1) is 7.84.